The Labute approximate surface area is 123 Å². The largest absolute Gasteiger partial charge is 0.618 e. The fourth-order valence-corrected chi connectivity index (χ4v) is 1.82. The highest BCUT2D eigenvalue weighted by Crippen LogP contribution is 2.13. The first-order chi connectivity index (χ1) is 10.1. The first kappa shape index (κ1) is 14.8. The van der Waals surface area contributed by atoms with Gasteiger partial charge in [0.1, 0.15) is 0 Å². The van der Waals surface area contributed by atoms with E-state index in [0.717, 1.165) is 15.9 Å². The fraction of sp³-hybridized carbons (Fsp3) is 0.176. The zero-order valence-electron chi connectivity index (χ0n) is 12.1. The summed E-state index contributed by atoms with van der Waals surface area (Å²) in [5.41, 5.74) is 2.86. The second kappa shape index (κ2) is 6.70. The summed E-state index contributed by atoms with van der Waals surface area (Å²) >= 11 is 0. The van der Waals surface area contributed by atoms with Crippen molar-refractivity contribution in [2.75, 3.05) is 6.61 Å². The number of ether oxygens (including phenoxy) is 1. The molecule has 2 rings (SSSR count). The Kier molecular flexibility index (Phi) is 4.72. The van der Waals surface area contributed by atoms with Crippen molar-refractivity contribution in [3.63, 3.8) is 0 Å². The molecule has 0 N–H and O–H groups in total. The maximum atomic E-state index is 12.1. The van der Waals surface area contributed by atoms with Gasteiger partial charge in [0.05, 0.1) is 12.2 Å². The van der Waals surface area contributed by atoms with Crippen molar-refractivity contribution < 1.29 is 14.3 Å². The van der Waals surface area contributed by atoms with Gasteiger partial charge in [-0.3, -0.25) is 0 Å². The third-order valence-electron chi connectivity index (χ3n) is 2.98. The van der Waals surface area contributed by atoms with E-state index in [4.69, 9.17) is 4.74 Å². The van der Waals surface area contributed by atoms with E-state index in [-0.39, 0.29) is 5.97 Å². The van der Waals surface area contributed by atoms with Gasteiger partial charge in [-0.2, -0.15) is 4.74 Å². The first-order valence-corrected chi connectivity index (χ1v) is 6.75. The summed E-state index contributed by atoms with van der Waals surface area (Å²) < 4.78 is 5.67. The van der Waals surface area contributed by atoms with Crippen molar-refractivity contribution in [1.82, 2.24) is 0 Å². The van der Waals surface area contributed by atoms with Crippen LogP contribution in [0.15, 0.2) is 48.5 Å². The van der Waals surface area contributed by atoms with E-state index in [1.807, 2.05) is 31.2 Å². The zero-order valence-corrected chi connectivity index (χ0v) is 12.1. The highest BCUT2D eigenvalue weighted by Gasteiger charge is 2.08. The molecule has 2 aromatic rings. The van der Waals surface area contributed by atoms with E-state index >= 15 is 0 Å². The highest BCUT2D eigenvalue weighted by atomic mass is 16.5. The minimum absolute atomic E-state index is 0.329. The Morgan fingerprint density at radius 3 is 2.33 bits per heavy atom. The number of benzene rings is 2. The van der Waals surface area contributed by atoms with Crippen molar-refractivity contribution in [3.05, 3.63) is 70.4 Å². The summed E-state index contributed by atoms with van der Waals surface area (Å²) in [5, 5.41) is 12.1. The smallest absolute Gasteiger partial charge is 0.338 e. The second-order valence-electron chi connectivity index (χ2n) is 4.63. The lowest BCUT2D eigenvalue weighted by molar-refractivity contribution is -0.354. The summed E-state index contributed by atoms with van der Waals surface area (Å²) in [4.78, 5) is 11.5. The van der Waals surface area contributed by atoms with Gasteiger partial charge in [0.25, 0.3) is 0 Å². The maximum Gasteiger partial charge on any atom is 0.338 e. The summed E-state index contributed by atoms with van der Waals surface area (Å²) in [7, 11) is 0. The number of hydrogen-bond donors (Lipinski definition) is 0. The number of nitrogens with zero attached hydrogens (tertiary/aromatic N) is 1. The molecule has 0 radical (unpaired) electrons. The van der Waals surface area contributed by atoms with Crippen LogP contribution >= 0.6 is 0 Å². The van der Waals surface area contributed by atoms with Crippen molar-refractivity contribution in [2.45, 2.75) is 13.8 Å². The predicted molar refractivity (Wildman–Crippen MR) is 82.0 cm³/mol. The fourth-order valence-electron chi connectivity index (χ4n) is 1.82. The highest BCUT2D eigenvalue weighted by molar-refractivity contribution is 5.89. The lowest BCUT2D eigenvalue weighted by Gasteiger charge is -2.05. The summed E-state index contributed by atoms with van der Waals surface area (Å²) in [6.07, 6.45) is 1.50. The number of hydrogen-bond acceptors (Lipinski definition) is 3. The molecule has 0 atom stereocenters. The molecule has 0 unspecified atom stereocenters. The van der Waals surface area contributed by atoms with Crippen LogP contribution in [0, 0.1) is 12.1 Å². The zero-order chi connectivity index (χ0) is 15.2. The summed E-state index contributed by atoms with van der Waals surface area (Å²) in [6.45, 7) is 4.07. The molecule has 4 heteroatoms. The molecule has 0 amide bonds. The van der Waals surface area contributed by atoms with Crippen LogP contribution < -0.4 is 0 Å². The molecule has 0 saturated heterocycles. The third kappa shape index (κ3) is 3.92. The molecule has 0 saturated carbocycles. The molecule has 4 nitrogen and oxygen atoms in total. The van der Waals surface area contributed by atoms with E-state index in [9.17, 15) is 10.0 Å². The minimum Gasteiger partial charge on any atom is -0.618 e. The van der Waals surface area contributed by atoms with Crippen molar-refractivity contribution in [3.8, 4) is 0 Å². The Morgan fingerprint density at radius 1 is 1.14 bits per heavy atom. The van der Waals surface area contributed by atoms with Gasteiger partial charge < -0.3 is 9.94 Å². The van der Waals surface area contributed by atoms with Gasteiger partial charge in [-0.15, -0.1) is 0 Å². The third-order valence-corrected chi connectivity index (χ3v) is 2.98. The van der Waals surface area contributed by atoms with Crippen LogP contribution in [-0.4, -0.2) is 23.5 Å². The molecule has 2 aromatic carbocycles. The maximum absolute atomic E-state index is 12.1. The lowest BCUT2D eigenvalue weighted by Crippen LogP contribution is -2.05. The molecule has 0 aromatic heterocycles. The molecule has 0 heterocycles. The van der Waals surface area contributed by atoms with E-state index in [1.54, 1.807) is 31.2 Å². The topological polar surface area (TPSA) is 52.4 Å². The Morgan fingerprint density at radius 2 is 1.76 bits per heavy atom. The Balaban J connectivity index is 2.17. The number of carbonyl (C=O) groups excluding carboxylic acids is 1. The van der Waals surface area contributed by atoms with Crippen molar-refractivity contribution in [1.29, 1.82) is 0 Å². The van der Waals surface area contributed by atoms with Gasteiger partial charge in [-0.05, 0) is 38.1 Å². The van der Waals surface area contributed by atoms with Crippen LogP contribution in [0.5, 0.6) is 0 Å². The van der Waals surface area contributed by atoms with Crippen LogP contribution in [0.1, 0.15) is 28.4 Å². The summed E-state index contributed by atoms with van der Waals surface area (Å²) in [5.74, 6) is -0.385. The summed E-state index contributed by atoms with van der Waals surface area (Å²) in [6, 6.07) is 14.0. The van der Waals surface area contributed by atoms with E-state index in [2.05, 4.69) is 0 Å². The Bertz CT molecular complexity index is 643. The van der Waals surface area contributed by atoms with E-state index in [0.29, 0.717) is 17.9 Å². The van der Waals surface area contributed by atoms with Crippen LogP contribution in [-0.2, 0) is 4.74 Å². The molecular weight excluding hydrogens is 266 g/mol. The number of aryl methyl sites for hydroxylation is 1. The SMILES string of the molecule is CCOC(=O)c1ccc(/[N+]([O-])=C/c2ccc(C)cc2)cc1. The molecule has 0 aliphatic rings. The molecule has 0 aliphatic carbocycles. The molecule has 0 spiro atoms. The van der Waals surface area contributed by atoms with Crippen LogP contribution in [0.3, 0.4) is 0 Å². The molecular formula is C17H17NO3. The van der Waals surface area contributed by atoms with Gasteiger partial charge in [-0.1, -0.05) is 17.7 Å². The van der Waals surface area contributed by atoms with Crippen LogP contribution in [0.4, 0.5) is 5.69 Å². The van der Waals surface area contributed by atoms with Gasteiger partial charge >= 0.3 is 5.97 Å². The molecule has 0 fully saturated rings. The lowest BCUT2D eigenvalue weighted by atomic mass is 10.2. The molecule has 21 heavy (non-hydrogen) atoms. The van der Waals surface area contributed by atoms with E-state index < -0.39 is 0 Å². The predicted octanol–water partition coefficient (Wildman–Crippen LogP) is 3.43. The van der Waals surface area contributed by atoms with Crippen molar-refractivity contribution in [2.24, 2.45) is 0 Å². The number of carbonyl (C=O) groups is 1. The quantitative estimate of drug-likeness (QED) is 0.284. The van der Waals surface area contributed by atoms with Gasteiger partial charge in [0.2, 0.25) is 5.69 Å². The van der Waals surface area contributed by atoms with Crippen molar-refractivity contribution >= 4 is 17.9 Å². The normalized spacial score (nSPS) is 11.2. The van der Waals surface area contributed by atoms with Gasteiger partial charge in [-0.25, -0.2) is 4.79 Å². The minimum atomic E-state index is -0.385. The van der Waals surface area contributed by atoms with Crippen LogP contribution in [0.2, 0.25) is 0 Å². The average molecular weight is 283 g/mol. The van der Waals surface area contributed by atoms with Gasteiger partial charge in [0, 0.05) is 17.7 Å². The number of rotatable bonds is 4. The number of esters is 1. The Hall–Kier alpha value is -2.62. The monoisotopic (exact) mass is 283 g/mol. The van der Waals surface area contributed by atoms with Crippen LogP contribution in [0.25, 0.3) is 0 Å². The molecule has 0 aliphatic heterocycles. The molecule has 0 bridgehead atoms. The van der Waals surface area contributed by atoms with E-state index in [1.165, 1.54) is 6.21 Å². The molecule has 108 valence electrons. The first-order valence-electron chi connectivity index (χ1n) is 6.75. The second-order valence-corrected chi connectivity index (χ2v) is 4.63. The standard InChI is InChI=1S/C17H17NO3/c1-3-21-17(19)15-8-10-16(11-9-15)18(20)12-14-6-4-13(2)5-7-14/h4-12H,3H2,1-2H3/b18-12-. The van der Waals surface area contributed by atoms with Gasteiger partial charge in [0.15, 0.2) is 6.21 Å². The average Bonchev–Trinajstić information content (AvgIpc) is 2.50.